The molecule has 0 unspecified atom stereocenters. The molecule has 2 aliphatic heterocycles. The van der Waals surface area contributed by atoms with Crippen molar-refractivity contribution in [3.05, 3.63) is 82.7 Å². The number of allylic oxidation sites excluding steroid dienone is 2. The van der Waals surface area contributed by atoms with E-state index in [0.29, 0.717) is 27.6 Å². The molecular weight excluding hydrogens is 385 g/mol. The van der Waals surface area contributed by atoms with Crippen LogP contribution in [-0.4, -0.2) is 18.0 Å². The van der Waals surface area contributed by atoms with E-state index in [1.807, 2.05) is 5.32 Å². The number of nitrogens with two attached hydrogens (primary N) is 1. The average Bonchev–Trinajstić information content (AvgIpc) is 2.81. The first-order chi connectivity index (χ1) is 13.8. The van der Waals surface area contributed by atoms with Gasteiger partial charge in [0.25, 0.3) is 0 Å². The van der Waals surface area contributed by atoms with Crippen molar-refractivity contribution in [2.75, 3.05) is 4.90 Å². The van der Waals surface area contributed by atoms with Crippen LogP contribution in [0.1, 0.15) is 10.4 Å². The van der Waals surface area contributed by atoms with Crippen molar-refractivity contribution in [3.63, 3.8) is 0 Å². The summed E-state index contributed by atoms with van der Waals surface area (Å²) in [7, 11) is 0. The molecule has 0 spiro atoms. The summed E-state index contributed by atoms with van der Waals surface area (Å²) < 4.78 is 38.5. The van der Waals surface area contributed by atoms with Gasteiger partial charge in [0, 0.05) is 17.0 Å². The molecule has 0 radical (unpaired) electrons. The summed E-state index contributed by atoms with van der Waals surface area (Å²) >= 11 is 0. The number of benzene rings is 2. The average molecular weight is 398 g/mol. The van der Waals surface area contributed by atoms with Crippen LogP contribution in [0.4, 0.5) is 24.5 Å². The maximum atomic E-state index is 12.8. The number of rotatable bonds is 2. The largest absolute Gasteiger partial charge is 0.471 e. The number of halogens is 3. The number of amides is 2. The lowest BCUT2D eigenvalue weighted by molar-refractivity contribution is -0.172. The van der Waals surface area contributed by atoms with E-state index in [4.69, 9.17) is 5.73 Å². The molecule has 4 rings (SSSR count). The van der Waals surface area contributed by atoms with Crippen molar-refractivity contribution in [1.82, 2.24) is 5.32 Å². The third-order valence-corrected chi connectivity index (χ3v) is 4.42. The van der Waals surface area contributed by atoms with Gasteiger partial charge in [0.1, 0.15) is 0 Å². The molecule has 6 nitrogen and oxygen atoms in total. The lowest BCUT2D eigenvalue weighted by Crippen LogP contribution is -2.41. The molecule has 2 aliphatic rings. The fourth-order valence-corrected chi connectivity index (χ4v) is 3.15. The summed E-state index contributed by atoms with van der Waals surface area (Å²) in [5.41, 5.74) is 6.84. The van der Waals surface area contributed by atoms with Crippen LogP contribution in [0.3, 0.4) is 0 Å². The Balaban J connectivity index is 1.95. The minimum Gasteiger partial charge on any atom is -0.366 e. The molecule has 0 bridgehead atoms. The summed E-state index contributed by atoms with van der Waals surface area (Å²) in [5, 5.41) is 2.92. The Bertz CT molecular complexity index is 1230. The van der Waals surface area contributed by atoms with Crippen LogP contribution in [0, 0.1) is 0 Å². The minimum atomic E-state index is -5.03. The highest BCUT2D eigenvalue weighted by Gasteiger charge is 2.40. The molecule has 2 aromatic carbocycles. The van der Waals surface area contributed by atoms with Gasteiger partial charge in [0.05, 0.1) is 28.1 Å². The number of carbonyl (C=O) groups excluding carboxylic acids is 2. The number of alkyl halides is 3. The van der Waals surface area contributed by atoms with Crippen LogP contribution in [0.15, 0.2) is 71.5 Å². The van der Waals surface area contributed by atoms with Gasteiger partial charge in [-0.2, -0.15) is 13.2 Å². The van der Waals surface area contributed by atoms with Crippen molar-refractivity contribution >= 4 is 28.9 Å². The Labute approximate surface area is 162 Å². The third kappa shape index (κ3) is 3.27. The molecule has 0 fully saturated rings. The van der Waals surface area contributed by atoms with E-state index >= 15 is 0 Å². The van der Waals surface area contributed by atoms with Gasteiger partial charge in [-0.3, -0.25) is 9.59 Å². The topological polar surface area (TPSA) is 87.8 Å². The third-order valence-electron chi connectivity index (χ3n) is 4.42. The number of primary amides is 1. The molecule has 29 heavy (non-hydrogen) atoms. The predicted octanol–water partition coefficient (Wildman–Crippen LogP) is 1.75. The summed E-state index contributed by atoms with van der Waals surface area (Å²) in [4.78, 5) is 29.3. The number of hydrogen-bond acceptors (Lipinski definition) is 4. The Morgan fingerprint density at radius 2 is 1.86 bits per heavy atom. The van der Waals surface area contributed by atoms with Crippen LogP contribution in [-0.2, 0) is 4.79 Å². The number of hydrogen-bond donors (Lipinski definition) is 2. The highest BCUT2D eigenvalue weighted by Crippen LogP contribution is 2.36. The summed E-state index contributed by atoms with van der Waals surface area (Å²) in [6, 6.07) is 11.4. The van der Waals surface area contributed by atoms with Gasteiger partial charge in [-0.1, -0.05) is 18.2 Å². The van der Waals surface area contributed by atoms with Gasteiger partial charge >= 0.3 is 12.1 Å². The second-order valence-electron chi connectivity index (χ2n) is 6.29. The van der Waals surface area contributed by atoms with Crippen LogP contribution in [0.25, 0.3) is 5.70 Å². The summed E-state index contributed by atoms with van der Waals surface area (Å²) in [6.45, 7) is 0. The molecule has 3 N–H and O–H groups in total. The number of fused-ring (bicyclic) bond motifs is 4. The van der Waals surface area contributed by atoms with Crippen molar-refractivity contribution in [1.29, 1.82) is 0 Å². The van der Waals surface area contributed by atoms with Gasteiger partial charge in [-0.05, 0) is 36.4 Å². The van der Waals surface area contributed by atoms with Crippen molar-refractivity contribution in [3.8, 4) is 0 Å². The van der Waals surface area contributed by atoms with Gasteiger partial charge in [0.2, 0.25) is 5.91 Å². The predicted molar refractivity (Wildman–Crippen MR) is 99.2 cm³/mol. The van der Waals surface area contributed by atoms with Crippen molar-refractivity contribution in [2.24, 2.45) is 10.7 Å². The molecule has 0 aliphatic carbocycles. The van der Waals surface area contributed by atoms with Gasteiger partial charge in [-0.25, -0.2) is 4.99 Å². The zero-order chi connectivity index (χ0) is 20.8. The van der Waals surface area contributed by atoms with E-state index in [9.17, 15) is 22.8 Å². The Hall–Kier alpha value is -3.88. The quantitative estimate of drug-likeness (QED) is 0.808. The molecule has 0 saturated carbocycles. The standard InChI is InChI=1S/C20H13F3N4O2/c21-20(22,23)19(29)26-14-6-3-9-27-16-8-7-11(18(24)28)10-15(16)25-13-5-2-1-4-12(13)17(14)27/h1-10H,(H2,24,28)(H,26,29). The Morgan fingerprint density at radius 1 is 1.10 bits per heavy atom. The molecular formula is C20H13F3N4O2. The first kappa shape index (κ1) is 18.5. The maximum Gasteiger partial charge on any atom is 0.471 e. The van der Waals surface area contributed by atoms with E-state index < -0.39 is 18.0 Å². The van der Waals surface area contributed by atoms with E-state index in [2.05, 4.69) is 4.99 Å². The van der Waals surface area contributed by atoms with Crippen molar-refractivity contribution in [2.45, 2.75) is 6.18 Å². The summed E-state index contributed by atoms with van der Waals surface area (Å²) in [6.07, 6.45) is -0.500. The lowest BCUT2D eigenvalue weighted by Gasteiger charge is -2.28. The van der Waals surface area contributed by atoms with E-state index in [1.54, 1.807) is 41.4 Å². The SMILES string of the molecule is NC(=O)c1ccc2c(c1)N=c1ccccc1=C1C(NC(=O)C(F)(F)F)=CC=CN12. The monoisotopic (exact) mass is 398 g/mol. The molecule has 0 aromatic heterocycles. The zero-order valence-electron chi connectivity index (χ0n) is 14.7. The van der Waals surface area contributed by atoms with E-state index in [0.717, 1.165) is 0 Å². The Kier molecular flexibility index (Phi) is 4.22. The first-order valence-corrected chi connectivity index (χ1v) is 8.44. The molecule has 2 aromatic rings. The second kappa shape index (κ2) is 6.62. The lowest BCUT2D eigenvalue weighted by atomic mass is 10.1. The second-order valence-corrected chi connectivity index (χ2v) is 6.29. The minimum absolute atomic E-state index is 0.0238. The zero-order valence-corrected chi connectivity index (χ0v) is 14.7. The number of anilines is 1. The fourth-order valence-electron chi connectivity index (χ4n) is 3.15. The van der Waals surface area contributed by atoms with Crippen LogP contribution >= 0.6 is 0 Å². The molecule has 146 valence electrons. The van der Waals surface area contributed by atoms with E-state index in [1.165, 1.54) is 24.3 Å². The Morgan fingerprint density at radius 3 is 2.59 bits per heavy atom. The maximum absolute atomic E-state index is 12.8. The highest BCUT2D eigenvalue weighted by molar-refractivity contribution is 5.97. The molecule has 9 heteroatoms. The molecule has 0 saturated heterocycles. The van der Waals surface area contributed by atoms with Gasteiger partial charge in [0.15, 0.2) is 0 Å². The number of nitrogens with zero attached hydrogens (tertiary/aromatic N) is 2. The van der Waals surface area contributed by atoms with Gasteiger partial charge in [-0.15, -0.1) is 0 Å². The highest BCUT2D eigenvalue weighted by atomic mass is 19.4. The van der Waals surface area contributed by atoms with Crippen molar-refractivity contribution < 1.29 is 22.8 Å². The first-order valence-electron chi connectivity index (χ1n) is 8.44. The van der Waals surface area contributed by atoms with Crippen LogP contribution < -0.4 is 26.5 Å². The van der Waals surface area contributed by atoms with Crippen LogP contribution in [0.2, 0.25) is 0 Å². The smallest absolute Gasteiger partial charge is 0.366 e. The fraction of sp³-hybridized carbons (Fsp3) is 0.0500. The molecule has 2 amide bonds. The number of para-hydroxylation sites is 1. The number of nitrogens with one attached hydrogen (secondary N) is 1. The summed E-state index contributed by atoms with van der Waals surface area (Å²) in [5.74, 6) is -2.70. The number of carbonyl (C=O) groups is 2. The molecule has 0 atom stereocenters. The van der Waals surface area contributed by atoms with Crippen LogP contribution in [0.5, 0.6) is 0 Å². The van der Waals surface area contributed by atoms with E-state index in [-0.39, 0.29) is 11.3 Å². The molecule has 2 heterocycles. The normalized spacial score (nSPS) is 14.7. The van der Waals surface area contributed by atoms with Gasteiger partial charge < -0.3 is 16.0 Å².